The van der Waals surface area contributed by atoms with Crippen LogP contribution in [0.5, 0.6) is 0 Å². The van der Waals surface area contributed by atoms with E-state index < -0.39 is 11.6 Å². The molecule has 1 amide bonds. The largest absolute Gasteiger partial charge is 0.336 e. The van der Waals surface area contributed by atoms with Gasteiger partial charge in [0.05, 0.1) is 23.1 Å². The SMILES string of the molecule is Cc1cc(Br)cc(C)c1-n1c(=O)c2ccccc2n(Cc2ccc(C(=O)NO)cc2)c1=O. The van der Waals surface area contributed by atoms with Crippen molar-refractivity contribution in [3.05, 3.63) is 108 Å². The van der Waals surface area contributed by atoms with Crippen LogP contribution in [0.1, 0.15) is 27.0 Å². The van der Waals surface area contributed by atoms with Gasteiger partial charge in [0.15, 0.2) is 0 Å². The zero-order valence-corrected chi connectivity index (χ0v) is 19.0. The van der Waals surface area contributed by atoms with Crippen molar-refractivity contribution in [3.63, 3.8) is 0 Å². The highest BCUT2D eigenvalue weighted by Crippen LogP contribution is 2.23. The third-order valence-electron chi connectivity index (χ3n) is 5.39. The Morgan fingerprint density at radius 2 is 1.62 bits per heavy atom. The van der Waals surface area contributed by atoms with E-state index in [4.69, 9.17) is 5.21 Å². The molecule has 0 spiro atoms. The summed E-state index contributed by atoms with van der Waals surface area (Å²) in [5.74, 6) is -0.617. The summed E-state index contributed by atoms with van der Waals surface area (Å²) in [4.78, 5) is 38.6. The molecule has 32 heavy (non-hydrogen) atoms. The maximum atomic E-state index is 13.6. The molecule has 0 bridgehead atoms. The molecule has 0 saturated heterocycles. The molecular weight excluding hydrogens is 474 g/mol. The van der Waals surface area contributed by atoms with Crippen LogP contribution in [0, 0.1) is 13.8 Å². The predicted octanol–water partition coefficient (Wildman–Crippen LogP) is 3.70. The van der Waals surface area contributed by atoms with Crippen LogP contribution in [0.2, 0.25) is 0 Å². The van der Waals surface area contributed by atoms with Gasteiger partial charge in [-0.2, -0.15) is 0 Å². The number of carbonyl (C=O) groups excluding carboxylic acids is 1. The van der Waals surface area contributed by atoms with Gasteiger partial charge in [-0.3, -0.25) is 19.4 Å². The number of aromatic nitrogens is 2. The van der Waals surface area contributed by atoms with Crippen molar-refractivity contribution in [2.75, 3.05) is 0 Å². The second-order valence-corrected chi connectivity index (χ2v) is 8.47. The van der Waals surface area contributed by atoms with E-state index in [1.807, 2.05) is 26.0 Å². The van der Waals surface area contributed by atoms with Crippen LogP contribution in [0.15, 0.2) is 74.7 Å². The molecule has 162 valence electrons. The molecule has 0 unspecified atom stereocenters. The van der Waals surface area contributed by atoms with Crippen LogP contribution in [0.25, 0.3) is 16.6 Å². The van der Waals surface area contributed by atoms with E-state index in [1.54, 1.807) is 58.6 Å². The standard InChI is InChI=1S/C24H20BrN3O4/c1-14-11-18(25)12-15(2)21(14)28-23(30)19-5-3-4-6-20(19)27(24(28)31)13-16-7-9-17(10-8-16)22(29)26-32/h3-12,32H,13H2,1-2H3,(H,26,29). The van der Waals surface area contributed by atoms with Crippen LogP contribution in [-0.2, 0) is 6.54 Å². The normalized spacial score (nSPS) is 11.0. The molecule has 0 saturated carbocycles. The molecule has 0 aliphatic rings. The molecule has 7 nitrogen and oxygen atoms in total. The molecule has 0 aliphatic heterocycles. The van der Waals surface area contributed by atoms with Crippen LogP contribution in [0.4, 0.5) is 0 Å². The topological polar surface area (TPSA) is 93.3 Å². The summed E-state index contributed by atoms with van der Waals surface area (Å²) in [6.45, 7) is 3.93. The fourth-order valence-electron chi connectivity index (χ4n) is 3.94. The zero-order chi connectivity index (χ0) is 23.0. The Labute approximate surface area is 191 Å². The molecule has 1 aromatic heterocycles. The third-order valence-corrected chi connectivity index (χ3v) is 5.85. The van der Waals surface area contributed by atoms with Gasteiger partial charge in [0.1, 0.15) is 0 Å². The minimum absolute atomic E-state index is 0.204. The zero-order valence-electron chi connectivity index (χ0n) is 17.4. The van der Waals surface area contributed by atoms with Crippen LogP contribution in [0.3, 0.4) is 0 Å². The molecule has 4 aromatic rings. The lowest BCUT2D eigenvalue weighted by Crippen LogP contribution is -2.40. The Morgan fingerprint density at radius 3 is 2.25 bits per heavy atom. The van der Waals surface area contributed by atoms with Gasteiger partial charge in [-0.1, -0.05) is 40.2 Å². The summed E-state index contributed by atoms with van der Waals surface area (Å²) in [5, 5.41) is 9.23. The summed E-state index contributed by atoms with van der Waals surface area (Å²) in [6, 6.07) is 17.3. The summed E-state index contributed by atoms with van der Waals surface area (Å²) in [5.41, 5.74) is 4.54. The number of nitrogens with one attached hydrogen (secondary N) is 1. The number of rotatable bonds is 4. The Morgan fingerprint density at radius 1 is 1.00 bits per heavy atom. The van der Waals surface area contributed by atoms with Gasteiger partial charge in [-0.25, -0.2) is 14.8 Å². The number of aryl methyl sites for hydroxylation is 2. The highest BCUT2D eigenvalue weighted by molar-refractivity contribution is 9.10. The monoisotopic (exact) mass is 493 g/mol. The van der Waals surface area contributed by atoms with Gasteiger partial charge in [0.2, 0.25) is 0 Å². The number of carbonyl (C=O) groups is 1. The number of halogens is 1. The number of fused-ring (bicyclic) bond motifs is 1. The predicted molar refractivity (Wildman–Crippen MR) is 126 cm³/mol. The van der Waals surface area contributed by atoms with E-state index in [-0.39, 0.29) is 12.1 Å². The fraction of sp³-hybridized carbons (Fsp3) is 0.125. The molecule has 3 aromatic carbocycles. The van der Waals surface area contributed by atoms with Crippen molar-refractivity contribution in [2.24, 2.45) is 0 Å². The minimum atomic E-state index is -0.617. The lowest BCUT2D eigenvalue weighted by atomic mass is 10.1. The lowest BCUT2D eigenvalue weighted by Gasteiger charge is -2.17. The van der Waals surface area contributed by atoms with E-state index in [0.717, 1.165) is 21.2 Å². The summed E-state index contributed by atoms with van der Waals surface area (Å²) >= 11 is 3.46. The first-order valence-corrected chi connectivity index (χ1v) is 10.7. The van der Waals surface area contributed by atoms with Gasteiger partial charge in [0.25, 0.3) is 11.5 Å². The van der Waals surface area contributed by atoms with E-state index >= 15 is 0 Å². The first-order chi connectivity index (χ1) is 15.3. The van der Waals surface area contributed by atoms with Gasteiger partial charge in [0, 0.05) is 10.0 Å². The van der Waals surface area contributed by atoms with Crippen molar-refractivity contribution in [3.8, 4) is 5.69 Å². The van der Waals surface area contributed by atoms with Crippen molar-refractivity contribution in [2.45, 2.75) is 20.4 Å². The summed E-state index contributed by atoms with van der Waals surface area (Å²) in [6.07, 6.45) is 0. The highest BCUT2D eigenvalue weighted by atomic mass is 79.9. The highest BCUT2D eigenvalue weighted by Gasteiger charge is 2.18. The molecule has 0 atom stereocenters. The average molecular weight is 494 g/mol. The molecule has 0 aliphatic carbocycles. The number of hydrogen-bond donors (Lipinski definition) is 2. The minimum Gasteiger partial charge on any atom is -0.288 e. The fourth-order valence-corrected chi connectivity index (χ4v) is 4.62. The second kappa shape index (κ2) is 8.57. The number of hydroxylamine groups is 1. The average Bonchev–Trinajstić information content (AvgIpc) is 2.78. The Bertz CT molecular complexity index is 1450. The number of para-hydroxylation sites is 1. The van der Waals surface area contributed by atoms with Gasteiger partial charge in [-0.05, 0) is 66.9 Å². The molecule has 8 heteroatoms. The summed E-state index contributed by atoms with van der Waals surface area (Å²) < 4.78 is 3.66. The molecule has 1 heterocycles. The first-order valence-electron chi connectivity index (χ1n) is 9.87. The molecule has 4 rings (SSSR count). The van der Waals surface area contributed by atoms with E-state index in [1.165, 1.54) is 4.57 Å². The first kappa shape index (κ1) is 21.7. The van der Waals surface area contributed by atoms with Gasteiger partial charge >= 0.3 is 5.69 Å². The van der Waals surface area contributed by atoms with Crippen molar-refractivity contribution < 1.29 is 10.0 Å². The van der Waals surface area contributed by atoms with E-state index in [0.29, 0.717) is 22.2 Å². The van der Waals surface area contributed by atoms with E-state index in [9.17, 15) is 14.4 Å². The van der Waals surface area contributed by atoms with E-state index in [2.05, 4.69) is 15.9 Å². The molecule has 0 radical (unpaired) electrons. The third kappa shape index (κ3) is 3.79. The quantitative estimate of drug-likeness (QED) is 0.334. The number of nitrogens with zero attached hydrogens (tertiary/aromatic N) is 2. The number of benzene rings is 3. The Kier molecular flexibility index (Phi) is 5.82. The lowest BCUT2D eigenvalue weighted by molar-refractivity contribution is 0.0706. The summed E-state index contributed by atoms with van der Waals surface area (Å²) in [7, 11) is 0. The molecule has 0 fully saturated rings. The molecular formula is C24H20BrN3O4. The number of hydrogen-bond acceptors (Lipinski definition) is 4. The maximum Gasteiger partial charge on any atom is 0.336 e. The second-order valence-electron chi connectivity index (χ2n) is 7.55. The maximum absolute atomic E-state index is 13.6. The van der Waals surface area contributed by atoms with Crippen molar-refractivity contribution >= 4 is 32.7 Å². The van der Waals surface area contributed by atoms with Crippen LogP contribution in [-0.4, -0.2) is 20.2 Å². The van der Waals surface area contributed by atoms with Crippen molar-refractivity contribution in [1.82, 2.24) is 14.6 Å². The van der Waals surface area contributed by atoms with Crippen LogP contribution >= 0.6 is 15.9 Å². The Hall–Kier alpha value is -3.49. The smallest absolute Gasteiger partial charge is 0.288 e. The van der Waals surface area contributed by atoms with Crippen LogP contribution < -0.4 is 16.7 Å². The molecule has 2 N–H and O–H groups in total. The van der Waals surface area contributed by atoms with Gasteiger partial charge < -0.3 is 0 Å². The Balaban J connectivity index is 1.95. The number of amides is 1. The van der Waals surface area contributed by atoms with Gasteiger partial charge in [-0.15, -0.1) is 0 Å². The van der Waals surface area contributed by atoms with Crippen molar-refractivity contribution in [1.29, 1.82) is 0 Å².